The van der Waals surface area contributed by atoms with Crippen LogP contribution in [0.4, 0.5) is 0 Å². The summed E-state index contributed by atoms with van der Waals surface area (Å²) in [7, 11) is 0. The molecule has 0 aromatic rings. The van der Waals surface area contributed by atoms with Crippen molar-refractivity contribution in [2.24, 2.45) is 5.73 Å². The van der Waals surface area contributed by atoms with Crippen LogP contribution in [-0.4, -0.2) is 5.91 Å². The van der Waals surface area contributed by atoms with Gasteiger partial charge in [0.2, 0.25) is 0 Å². The summed E-state index contributed by atoms with van der Waals surface area (Å²) in [6.45, 7) is 0. The van der Waals surface area contributed by atoms with E-state index in [1.54, 1.807) is 0 Å². The molecule has 0 aromatic carbocycles. The molecule has 8 heavy (non-hydrogen) atoms. The van der Waals surface area contributed by atoms with Crippen molar-refractivity contribution in [2.45, 2.75) is 0 Å². The maximum Gasteiger partial charge on any atom is 0.261 e. The second kappa shape index (κ2) is 2.59. The highest BCUT2D eigenvalue weighted by molar-refractivity contribution is 5.95. The average molecular weight is 108 g/mol. The van der Waals surface area contributed by atoms with Gasteiger partial charge in [-0.3, -0.25) is 4.79 Å². The molecular formula is C4H2N3O. The summed E-state index contributed by atoms with van der Waals surface area (Å²) < 4.78 is 0. The largest absolute Gasteiger partial charge is 0.367 e. The molecule has 0 atom stereocenters. The highest BCUT2D eigenvalue weighted by atomic mass is 16.1. The van der Waals surface area contributed by atoms with Crippen LogP contribution >= 0.6 is 0 Å². The second-order valence-corrected chi connectivity index (χ2v) is 0.963. The molecule has 4 nitrogen and oxygen atoms in total. The molecule has 0 heterocycles. The molecule has 0 aromatic heterocycles. The predicted octanol–water partition coefficient (Wildman–Crippen LogP) is -0.907. The van der Waals surface area contributed by atoms with Gasteiger partial charge < -0.3 is 5.73 Å². The van der Waals surface area contributed by atoms with Crippen LogP contribution in [0.15, 0.2) is 0 Å². The quantitative estimate of drug-likeness (QED) is 0.471. The molecule has 0 aliphatic heterocycles. The zero-order chi connectivity index (χ0) is 6.57. The van der Waals surface area contributed by atoms with Crippen molar-refractivity contribution in [1.82, 2.24) is 0 Å². The molecule has 0 spiro atoms. The Morgan fingerprint density at radius 1 is 1.38 bits per heavy atom. The van der Waals surface area contributed by atoms with Crippen molar-refractivity contribution >= 4 is 5.91 Å². The lowest BCUT2D eigenvalue weighted by molar-refractivity contribution is -0.115. The lowest BCUT2D eigenvalue weighted by Crippen LogP contribution is -2.18. The van der Waals surface area contributed by atoms with Gasteiger partial charge in [0.05, 0.1) is 12.1 Å². The molecule has 0 aliphatic carbocycles. The van der Waals surface area contributed by atoms with Gasteiger partial charge in [-0.15, -0.1) is 0 Å². The van der Waals surface area contributed by atoms with E-state index in [0.717, 1.165) is 0 Å². The van der Waals surface area contributed by atoms with Crippen LogP contribution in [0.1, 0.15) is 0 Å². The number of primary amides is 1. The average Bonchev–Trinajstić information content (AvgIpc) is 1.69. The van der Waals surface area contributed by atoms with E-state index >= 15 is 0 Å². The summed E-state index contributed by atoms with van der Waals surface area (Å²) in [5, 5.41) is 15.8. The first-order chi connectivity index (χ1) is 3.72. The van der Waals surface area contributed by atoms with Crippen LogP contribution in [0.5, 0.6) is 0 Å². The Labute approximate surface area is 46.1 Å². The Bertz CT molecular complexity index is 159. The molecule has 39 valence electrons. The Hall–Kier alpha value is -1.55. The summed E-state index contributed by atoms with van der Waals surface area (Å²) in [5.74, 6) is -1.54. The number of hydrogen-bond donors (Lipinski definition) is 1. The maximum atomic E-state index is 9.90. The van der Waals surface area contributed by atoms with Crippen LogP contribution in [0.25, 0.3) is 0 Å². The minimum atomic E-state index is -0.977. The molecule has 0 aliphatic rings. The van der Waals surface area contributed by atoms with E-state index in [0.29, 0.717) is 0 Å². The van der Waals surface area contributed by atoms with Crippen molar-refractivity contribution in [3.63, 3.8) is 0 Å². The summed E-state index contributed by atoms with van der Waals surface area (Å²) in [5.41, 5.74) is 4.54. The van der Waals surface area contributed by atoms with E-state index < -0.39 is 11.8 Å². The molecule has 0 rings (SSSR count). The van der Waals surface area contributed by atoms with E-state index in [9.17, 15) is 4.79 Å². The van der Waals surface area contributed by atoms with Crippen LogP contribution in [0.2, 0.25) is 0 Å². The first-order valence-corrected chi connectivity index (χ1v) is 1.69. The van der Waals surface area contributed by atoms with Gasteiger partial charge in [0.25, 0.3) is 11.8 Å². The van der Waals surface area contributed by atoms with Crippen LogP contribution < -0.4 is 5.73 Å². The second-order valence-electron chi connectivity index (χ2n) is 0.963. The number of rotatable bonds is 1. The first-order valence-electron chi connectivity index (χ1n) is 1.69. The van der Waals surface area contributed by atoms with Crippen molar-refractivity contribution < 1.29 is 4.79 Å². The van der Waals surface area contributed by atoms with Gasteiger partial charge in [-0.25, -0.2) is 0 Å². The van der Waals surface area contributed by atoms with Gasteiger partial charge in [0.15, 0.2) is 0 Å². The number of hydrogen-bond acceptors (Lipinski definition) is 3. The molecule has 4 heteroatoms. The Kier molecular flexibility index (Phi) is 2.09. The van der Waals surface area contributed by atoms with E-state index in [1.807, 2.05) is 0 Å². The maximum absolute atomic E-state index is 9.90. The van der Waals surface area contributed by atoms with E-state index in [2.05, 4.69) is 5.73 Å². The monoisotopic (exact) mass is 108 g/mol. The molecule has 0 bridgehead atoms. The van der Waals surface area contributed by atoms with Crippen LogP contribution in [-0.2, 0) is 4.79 Å². The summed E-state index contributed by atoms with van der Waals surface area (Å²) in [6, 6.07) is 2.66. The summed E-state index contributed by atoms with van der Waals surface area (Å²) >= 11 is 0. The fraction of sp³-hybridized carbons (Fsp3) is 0. The molecule has 2 N–H and O–H groups in total. The van der Waals surface area contributed by atoms with E-state index in [1.165, 1.54) is 12.1 Å². The third-order valence-corrected chi connectivity index (χ3v) is 0.470. The van der Waals surface area contributed by atoms with Crippen molar-refractivity contribution in [3.8, 4) is 12.1 Å². The summed E-state index contributed by atoms with van der Waals surface area (Å²) in [6.07, 6.45) is 0. The Morgan fingerprint density at radius 2 is 1.75 bits per heavy atom. The van der Waals surface area contributed by atoms with Crippen molar-refractivity contribution in [2.75, 3.05) is 0 Å². The van der Waals surface area contributed by atoms with Crippen LogP contribution in [0, 0.1) is 28.6 Å². The van der Waals surface area contributed by atoms with Gasteiger partial charge in [0, 0.05) is 0 Å². The molecule has 0 unspecified atom stereocenters. The number of carbonyl (C=O) groups excluding carboxylic acids is 1. The number of nitrogens with two attached hydrogens (primary N) is 1. The minimum absolute atomic E-state index is 0.565. The highest BCUT2D eigenvalue weighted by Crippen LogP contribution is 1.89. The fourth-order valence-electron chi connectivity index (χ4n) is 0.135. The molecule has 0 fully saturated rings. The Balaban J connectivity index is 4.02. The summed E-state index contributed by atoms with van der Waals surface area (Å²) in [4.78, 5) is 9.90. The highest BCUT2D eigenvalue weighted by Gasteiger charge is 2.12. The van der Waals surface area contributed by atoms with Gasteiger partial charge in [-0.05, 0) is 0 Å². The zero-order valence-corrected chi connectivity index (χ0v) is 3.88. The van der Waals surface area contributed by atoms with E-state index in [-0.39, 0.29) is 0 Å². The minimum Gasteiger partial charge on any atom is -0.367 e. The van der Waals surface area contributed by atoms with Crippen LogP contribution in [0.3, 0.4) is 0 Å². The van der Waals surface area contributed by atoms with Gasteiger partial charge >= 0.3 is 0 Å². The SMILES string of the molecule is N#C[C](C#N)C(N)=O. The van der Waals surface area contributed by atoms with Crippen molar-refractivity contribution in [1.29, 1.82) is 10.5 Å². The molecule has 1 amide bonds. The third kappa shape index (κ3) is 1.27. The first kappa shape index (κ1) is 6.45. The van der Waals surface area contributed by atoms with Gasteiger partial charge in [0.1, 0.15) is 0 Å². The molecule has 1 radical (unpaired) electrons. The number of carbonyl (C=O) groups is 1. The molecule has 0 saturated heterocycles. The number of nitriles is 2. The fourth-order valence-corrected chi connectivity index (χ4v) is 0.135. The zero-order valence-electron chi connectivity index (χ0n) is 3.88. The topological polar surface area (TPSA) is 90.7 Å². The standard InChI is InChI=1S/C4H2N3O/c5-1-3(2-6)4(7)8/h(H2,7,8). The number of amides is 1. The number of nitrogens with zero attached hydrogens (tertiary/aromatic N) is 2. The lowest BCUT2D eigenvalue weighted by atomic mass is 10.2. The molecule has 0 saturated carbocycles. The van der Waals surface area contributed by atoms with Gasteiger partial charge in [-0.1, -0.05) is 0 Å². The smallest absolute Gasteiger partial charge is 0.261 e. The normalized spacial score (nSPS) is 7.38. The third-order valence-electron chi connectivity index (χ3n) is 0.470. The lowest BCUT2D eigenvalue weighted by Gasteiger charge is -1.83. The van der Waals surface area contributed by atoms with E-state index in [4.69, 9.17) is 10.5 Å². The predicted molar refractivity (Wildman–Crippen MR) is 23.7 cm³/mol. The Morgan fingerprint density at radius 3 is 1.75 bits per heavy atom. The molecular weight excluding hydrogens is 106 g/mol. The van der Waals surface area contributed by atoms with Gasteiger partial charge in [-0.2, -0.15) is 10.5 Å². The van der Waals surface area contributed by atoms with Crippen molar-refractivity contribution in [3.05, 3.63) is 5.92 Å².